The molecule has 2 nitrogen and oxygen atoms in total. The lowest BCUT2D eigenvalue weighted by Gasteiger charge is -2.20. The van der Waals surface area contributed by atoms with Crippen molar-refractivity contribution in [3.05, 3.63) is 34.6 Å². The summed E-state index contributed by atoms with van der Waals surface area (Å²) in [4.78, 5) is 0. The van der Waals surface area contributed by atoms with Crippen molar-refractivity contribution in [2.24, 2.45) is 0 Å². The average molecular weight is 256 g/mol. The van der Waals surface area contributed by atoms with Crippen molar-refractivity contribution in [1.29, 1.82) is 0 Å². The molecule has 2 aliphatic heterocycles. The molecule has 3 atom stereocenters. The van der Waals surface area contributed by atoms with Gasteiger partial charge in [0.25, 0.3) is 0 Å². The molecule has 3 unspecified atom stereocenters. The lowest BCUT2D eigenvalue weighted by Crippen LogP contribution is -2.36. The highest BCUT2D eigenvalue weighted by atomic mass is 35.5. The van der Waals surface area contributed by atoms with E-state index in [4.69, 9.17) is 16.3 Å². The highest BCUT2D eigenvalue weighted by molar-refractivity contribution is 6.30. The first-order chi connectivity index (χ1) is 8.22. The minimum absolute atomic E-state index is 0.188. The Bertz CT molecular complexity index is 426. The van der Waals surface area contributed by atoms with Crippen LogP contribution in [-0.2, 0) is 11.3 Å². The maximum Gasteiger partial charge on any atom is 0.141 e. The summed E-state index contributed by atoms with van der Waals surface area (Å²) in [5, 5.41) is 3.66. The van der Waals surface area contributed by atoms with Gasteiger partial charge in [0.2, 0.25) is 0 Å². The maximum atomic E-state index is 13.0. The standard InChI is InChI=1S/C13H15ClFNO/c14-10-5-8(1-3-11(10)15)7-16-12-6-9-2-4-13(12)17-9/h1,3,5,9,12-13,16H,2,4,6-7H2. The van der Waals surface area contributed by atoms with Crippen molar-refractivity contribution in [3.63, 3.8) is 0 Å². The highest BCUT2D eigenvalue weighted by Crippen LogP contribution is 2.34. The second-order valence-corrected chi connectivity index (χ2v) is 5.25. The molecule has 0 spiro atoms. The van der Waals surface area contributed by atoms with Crippen LogP contribution in [-0.4, -0.2) is 18.2 Å². The Morgan fingerprint density at radius 2 is 2.29 bits per heavy atom. The summed E-state index contributed by atoms with van der Waals surface area (Å²) in [7, 11) is 0. The van der Waals surface area contributed by atoms with Gasteiger partial charge in [-0.25, -0.2) is 4.39 Å². The highest BCUT2D eigenvalue weighted by Gasteiger charge is 2.40. The van der Waals surface area contributed by atoms with E-state index in [9.17, 15) is 4.39 Å². The molecule has 0 aliphatic carbocycles. The maximum absolute atomic E-state index is 13.0. The van der Waals surface area contributed by atoms with Gasteiger partial charge in [-0.2, -0.15) is 0 Å². The zero-order chi connectivity index (χ0) is 11.8. The van der Waals surface area contributed by atoms with Gasteiger partial charge in [0.05, 0.1) is 17.2 Å². The molecule has 2 fully saturated rings. The molecule has 17 heavy (non-hydrogen) atoms. The average Bonchev–Trinajstić information content (AvgIpc) is 2.92. The van der Waals surface area contributed by atoms with Gasteiger partial charge in [-0.15, -0.1) is 0 Å². The first-order valence-corrected chi connectivity index (χ1v) is 6.43. The summed E-state index contributed by atoms with van der Waals surface area (Å²) >= 11 is 5.74. The normalized spacial score (nSPS) is 31.1. The van der Waals surface area contributed by atoms with Gasteiger partial charge in [0.15, 0.2) is 0 Å². The van der Waals surface area contributed by atoms with Gasteiger partial charge < -0.3 is 10.1 Å². The Balaban J connectivity index is 1.59. The van der Waals surface area contributed by atoms with Crippen LogP contribution in [0.1, 0.15) is 24.8 Å². The number of hydrogen-bond acceptors (Lipinski definition) is 2. The van der Waals surface area contributed by atoms with Crippen LogP contribution in [0.25, 0.3) is 0 Å². The van der Waals surface area contributed by atoms with Crippen LogP contribution >= 0.6 is 11.6 Å². The minimum Gasteiger partial charge on any atom is -0.373 e. The molecule has 1 N–H and O–H groups in total. The molecule has 0 saturated carbocycles. The van der Waals surface area contributed by atoms with Gasteiger partial charge in [0.1, 0.15) is 5.82 Å². The minimum atomic E-state index is -0.362. The zero-order valence-electron chi connectivity index (χ0n) is 9.46. The van der Waals surface area contributed by atoms with Crippen LogP contribution in [0.3, 0.4) is 0 Å². The van der Waals surface area contributed by atoms with Crippen molar-refractivity contribution in [3.8, 4) is 0 Å². The molecule has 2 heterocycles. The van der Waals surface area contributed by atoms with E-state index in [1.54, 1.807) is 12.1 Å². The first kappa shape index (κ1) is 11.5. The Morgan fingerprint density at radius 1 is 1.41 bits per heavy atom. The van der Waals surface area contributed by atoms with Crippen molar-refractivity contribution >= 4 is 11.6 Å². The van der Waals surface area contributed by atoms with Gasteiger partial charge in [-0.05, 0) is 37.0 Å². The summed E-state index contributed by atoms with van der Waals surface area (Å²) in [6, 6.07) is 5.30. The summed E-state index contributed by atoms with van der Waals surface area (Å²) < 4.78 is 18.8. The lowest BCUT2D eigenvalue weighted by atomic mass is 9.95. The molecule has 92 valence electrons. The van der Waals surface area contributed by atoms with E-state index in [-0.39, 0.29) is 10.8 Å². The van der Waals surface area contributed by atoms with Crippen LogP contribution in [0.5, 0.6) is 0 Å². The molecular formula is C13H15ClFNO. The number of hydrogen-bond donors (Lipinski definition) is 1. The van der Waals surface area contributed by atoms with E-state index in [1.807, 2.05) is 0 Å². The fourth-order valence-corrected chi connectivity index (χ4v) is 2.95. The monoisotopic (exact) mass is 255 g/mol. The predicted octanol–water partition coefficient (Wildman–Crippen LogP) is 2.89. The van der Waals surface area contributed by atoms with E-state index in [2.05, 4.69) is 5.32 Å². The molecule has 0 radical (unpaired) electrons. The number of halogens is 2. The summed E-state index contributed by atoms with van der Waals surface area (Å²) in [5.74, 6) is -0.362. The number of benzene rings is 1. The van der Waals surface area contributed by atoms with Gasteiger partial charge in [0, 0.05) is 12.6 Å². The molecule has 2 aliphatic rings. The molecule has 1 aromatic rings. The molecule has 2 saturated heterocycles. The number of fused-ring (bicyclic) bond motifs is 2. The molecule has 3 rings (SSSR count). The number of nitrogens with one attached hydrogen (secondary N) is 1. The Labute approximate surface area is 105 Å². The summed E-state index contributed by atoms with van der Waals surface area (Å²) in [5.41, 5.74) is 1.01. The summed E-state index contributed by atoms with van der Waals surface area (Å²) in [6.07, 6.45) is 4.28. The quantitative estimate of drug-likeness (QED) is 0.897. The van der Waals surface area contributed by atoms with Crippen molar-refractivity contribution in [2.75, 3.05) is 0 Å². The predicted molar refractivity (Wildman–Crippen MR) is 64.5 cm³/mol. The Kier molecular flexibility index (Phi) is 3.07. The Hall–Kier alpha value is -0.640. The SMILES string of the molecule is Fc1ccc(CNC2CC3CCC2O3)cc1Cl. The van der Waals surface area contributed by atoms with E-state index in [1.165, 1.54) is 12.5 Å². The molecular weight excluding hydrogens is 241 g/mol. The van der Waals surface area contributed by atoms with Crippen molar-refractivity contribution in [2.45, 2.75) is 44.1 Å². The third-order valence-electron chi connectivity index (χ3n) is 3.66. The molecule has 4 heteroatoms. The fourth-order valence-electron chi connectivity index (χ4n) is 2.75. The van der Waals surface area contributed by atoms with Crippen LogP contribution < -0.4 is 5.32 Å². The Morgan fingerprint density at radius 3 is 2.94 bits per heavy atom. The van der Waals surface area contributed by atoms with Crippen LogP contribution in [0, 0.1) is 5.82 Å². The first-order valence-electron chi connectivity index (χ1n) is 6.05. The van der Waals surface area contributed by atoms with Crippen molar-refractivity contribution < 1.29 is 9.13 Å². The van der Waals surface area contributed by atoms with Crippen LogP contribution in [0.2, 0.25) is 5.02 Å². The van der Waals surface area contributed by atoms with Crippen LogP contribution in [0.15, 0.2) is 18.2 Å². The van der Waals surface area contributed by atoms with E-state index in [0.29, 0.717) is 18.2 Å². The van der Waals surface area contributed by atoms with Crippen molar-refractivity contribution in [1.82, 2.24) is 5.32 Å². The second kappa shape index (κ2) is 4.56. The fraction of sp³-hybridized carbons (Fsp3) is 0.538. The van der Waals surface area contributed by atoms with Gasteiger partial charge in [-0.3, -0.25) is 0 Å². The van der Waals surface area contributed by atoms with E-state index < -0.39 is 0 Å². The molecule has 2 bridgehead atoms. The number of ether oxygens (including phenoxy) is 1. The van der Waals surface area contributed by atoms with E-state index >= 15 is 0 Å². The lowest BCUT2D eigenvalue weighted by molar-refractivity contribution is 0.0973. The summed E-state index contributed by atoms with van der Waals surface area (Å²) in [6.45, 7) is 0.719. The number of rotatable bonds is 3. The molecule has 0 aromatic heterocycles. The van der Waals surface area contributed by atoms with E-state index in [0.717, 1.165) is 24.9 Å². The third kappa shape index (κ3) is 2.32. The second-order valence-electron chi connectivity index (χ2n) is 4.85. The largest absolute Gasteiger partial charge is 0.373 e. The smallest absolute Gasteiger partial charge is 0.141 e. The van der Waals surface area contributed by atoms with Crippen LogP contribution in [0.4, 0.5) is 4.39 Å². The van der Waals surface area contributed by atoms with Gasteiger partial charge >= 0.3 is 0 Å². The third-order valence-corrected chi connectivity index (χ3v) is 3.95. The molecule has 0 amide bonds. The molecule has 1 aromatic carbocycles. The topological polar surface area (TPSA) is 21.3 Å². The zero-order valence-corrected chi connectivity index (χ0v) is 10.2. The van der Waals surface area contributed by atoms with Gasteiger partial charge in [-0.1, -0.05) is 17.7 Å².